The van der Waals surface area contributed by atoms with E-state index in [1.807, 2.05) is 35.2 Å². The van der Waals surface area contributed by atoms with Crippen molar-refractivity contribution in [1.29, 1.82) is 0 Å². The summed E-state index contributed by atoms with van der Waals surface area (Å²) < 4.78 is 5.39. The third-order valence-corrected chi connectivity index (χ3v) is 7.56. The standard InChI is InChI=1S/C28H33N3O3/c32-26(31-14-16-34-17-15-31)18-28(12-6-7-13-28)27(33)30-19-23(21-8-2-1-3-9-21)24-20-29-25-11-5-4-10-22(24)25/h1-5,8-11,20,23,29H,6-7,12-19H2,(H,30,33). The Morgan fingerprint density at radius 1 is 1.00 bits per heavy atom. The minimum absolute atomic E-state index is 0.0207. The molecule has 6 nitrogen and oxygen atoms in total. The summed E-state index contributed by atoms with van der Waals surface area (Å²) in [4.78, 5) is 31.9. The highest BCUT2D eigenvalue weighted by Gasteiger charge is 2.43. The molecule has 1 saturated heterocycles. The van der Waals surface area contributed by atoms with Crippen LogP contribution in [0.2, 0.25) is 0 Å². The van der Waals surface area contributed by atoms with E-state index in [2.05, 4.69) is 40.8 Å². The van der Waals surface area contributed by atoms with Crippen molar-refractivity contribution < 1.29 is 14.3 Å². The van der Waals surface area contributed by atoms with Crippen LogP contribution in [-0.2, 0) is 14.3 Å². The van der Waals surface area contributed by atoms with Gasteiger partial charge in [0.15, 0.2) is 0 Å². The molecule has 1 aromatic heterocycles. The van der Waals surface area contributed by atoms with Crippen molar-refractivity contribution in [1.82, 2.24) is 15.2 Å². The average molecular weight is 460 g/mol. The van der Waals surface area contributed by atoms with Crippen LogP contribution < -0.4 is 5.32 Å². The molecule has 2 fully saturated rings. The van der Waals surface area contributed by atoms with Gasteiger partial charge in [-0.3, -0.25) is 9.59 Å². The Bertz CT molecular complexity index is 1130. The lowest BCUT2D eigenvalue weighted by Gasteiger charge is -2.33. The summed E-state index contributed by atoms with van der Waals surface area (Å²) in [7, 11) is 0. The number of aromatic amines is 1. The molecule has 1 aliphatic heterocycles. The van der Waals surface area contributed by atoms with E-state index in [1.54, 1.807) is 0 Å². The molecule has 2 N–H and O–H groups in total. The molecule has 0 radical (unpaired) electrons. The molecule has 5 rings (SSSR count). The molecule has 34 heavy (non-hydrogen) atoms. The van der Waals surface area contributed by atoms with E-state index < -0.39 is 5.41 Å². The molecule has 3 aromatic rings. The maximum atomic E-state index is 13.6. The Kier molecular flexibility index (Phi) is 6.68. The normalized spacial score (nSPS) is 18.6. The van der Waals surface area contributed by atoms with Gasteiger partial charge in [-0.05, 0) is 30.0 Å². The number of para-hydroxylation sites is 1. The minimum atomic E-state index is -0.600. The summed E-state index contributed by atoms with van der Waals surface area (Å²) >= 11 is 0. The second kappa shape index (κ2) is 10.0. The number of amides is 2. The summed E-state index contributed by atoms with van der Waals surface area (Å²) in [6, 6.07) is 18.6. The molecular weight excluding hydrogens is 426 g/mol. The third kappa shape index (κ3) is 4.60. The van der Waals surface area contributed by atoms with Gasteiger partial charge in [0, 0.05) is 49.1 Å². The molecule has 1 unspecified atom stereocenters. The zero-order valence-corrected chi connectivity index (χ0v) is 19.6. The summed E-state index contributed by atoms with van der Waals surface area (Å²) in [6.07, 6.45) is 5.89. The molecule has 178 valence electrons. The van der Waals surface area contributed by atoms with Crippen LogP contribution in [0.15, 0.2) is 60.8 Å². The highest BCUT2D eigenvalue weighted by atomic mass is 16.5. The number of fused-ring (bicyclic) bond motifs is 1. The Morgan fingerprint density at radius 2 is 1.71 bits per heavy atom. The number of benzene rings is 2. The van der Waals surface area contributed by atoms with E-state index in [0.29, 0.717) is 39.3 Å². The number of rotatable bonds is 7. The first-order valence-corrected chi connectivity index (χ1v) is 12.4. The SMILES string of the molecule is O=C(CC1(C(=O)NCC(c2ccccc2)c2c[nH]c3ccccc23)CCCC1)N1CCOCC1. The monoisotopic (exact) mass is 459 g/mol. The van der Waals surface area contributed by atoms with Crippen molar-refractivity contribution in [3.63, 3.8) is 0 Å². The van der Waals surface area contributed by atoms with Gasteiger partial charge in [-0.25, -0.2) is 0 Å². The number of ether oxygens (including phenoxy) is 1. The van der Waals surface area contributed by atoms with Crippen molar-refractivity contribution >= 4 is 22.7 Å². The zero-order valence-electron chi connectivity index (χ0n) is 19.6. The first-order chi connectivity index (χ1) is 16.7. The maximum absolute atomic E-state index is 13.6. The van der Waals surface area contributed by atoms with E-state index >= 15 is 0 Å². The Morgan fingerprint density at radius 3 is 2.47 bits per heavy atom. The molecule has 1 atom stereocenters. The van der Waals surface area contributed by atoms with Crippen LogP contribution in [-0.4, -0.2) is 54.5 Å². The molecule has 1 aliphatic carbocycles. The number of nitrogens with one attached hydrogen (secondary N) is 2. The third-order valence-electron chi connectivity index (χ3n) is 7.56. The molecule has 0 spiro atoms. The number of aromatic nitrogens is 1. The molecule has 1 saturated carbocycles. The summed E-state index contributed by atoms with van der Waals surface area (Å²) in [5, 5.41) is 4.45. The number of morpholine rings is 1. The van der Waals surface area contributed by atoms with Gasteiger partial charge in [0.05, 0.1) is 18.6 Å². The lowest BCUT2D eigenvalue weighted by Crippen LogP contribution is -2.47. The van der Waals surface area contributed by atoms with Crippen LogP contribution in [0.4, 0.5) is 0 Å². The quantitative estimate of drug-likeness (QED) is 0.555. The number of carbonyl (C=O) groups is 2. The molecule has 2 amide bonds. The van der Waals surface area contributed by atoms with Gasteiger partial charge in [-0.1, -0.05) is 61.4 Å². The smallest absolute Gasteiger partial charge is 0.226 e. The van der Waals surface area contributed by atoms with Crippen molar-refractivity contribution in [2.75, 3.05) is 32.8 Å². The van der Waals surface area contributed by atoms with Crippen molar-refractivity contribution in [2.24, 2.45) is 5.41 Å². The Balaban J connectivity index is 1.35. The van der Waals surface area contributed by atoms with Crippen LogP contribution >= 0.6 is 0 Å². The fourth-order valence-electron chi connectivity index (χ4n) is 5.61. The summed E-state index contributed by atoms with van der Waals surface area (Å²) in [5.74, 6) is 0.124. The average Bonchev–Trinajstić information content (AvgIpc) is 3.54. The zero-order chi connectivity index (χ0) is 23.4. The number of hydrogen-bond acceptors (Lipinski definition) is 3. The predicted molar refractivity (Wildman–Crippen MR) is 133 cm³/mol. The fourth-order valence-corrected chi connectivity index (χ4v) is 5.61. The number of carbonyl (C=O) groups excluding carboxylic acids is 2. The number of H-pyrrole nitrogens is 1. The van der Waals surface area contributed by atoms with E-state index in [9.17, 15) is 9.59 Å². The largest absolute Gasteiger partial charge is 0.378 e. The predicted octanol–water partition coefficient (Wildman–Crippen LogP) is 4.23. The van der Waals surface area contributed by atoms with Gasteiger partial charge in [0.1, 0.15) is 0 Å². The molecule has 6 heteroatoms. The molecule has 2 aliphatic rings. The molecule has 0 bridgehead atoms. The van der Waals surface area contributed by atoms with Crippen LogP contribution in [0, 0.1) is 5.41 Å². The fraction of sp³-hybridized carbons (Fsp3) is 0.429. The lowest BCUT2D eigenvalue weighted by molar-refractivity contribution is -0.143. The Hall–Kier alpha value is -3.12. The topological polar surface area (TPSA) is 74.4 Å². The first kappa shape index (κ1) is 22.7. The van der Waals surface area contributed by atoms with E-state index in [4.69, 9.17) is 4.74 Å². The summed E-state index contributed by atoms with van der Waals surface area (Å²) in [5.41, 5.74) is 2.83. The van der Waals surface area contributed by atoms with Gasteiger partial charge in [0.25, 0.3) is 0 Å². The minimum Gasteiger partial charge on any atom is -0.378 e. The van der Waals surface area contributed by atoms with Crippen LogP contribution in [0.1, 0.15) is 49.1 Å². The van der Waals surface area contributed by atoms with Gasteiger partial charge < -0.3 is 19.9 Å². The van der Waals surface area contributed by atoms with Gasteiger partial charge >= 0.3 is 0 Å². The van der Waals surface area contributed by atoms with Gasteiger partial charge in [-0.15, -0.1) is 0 Å². The second-order valence-corrected chi connectivity index (χ2v) is 9.62. The van der Waals surface area contributed by atoms with Gasteiger partial charge in [-0.2, -0.15) is 0 Å². The number of hydrogen-bond donors (Lipinski definition) is 2. The molecular formula is C28H33N3O3. The summed E-state index contributed by atoms with van der Waals surface area (Å²) in [6.45, 7) is 2.89. The first-order valence-electron chi connectivity index (χ1n) is 12.4. The number of nitrogens with zero attached hydrogens (tertiary/aromatic N) is 1. The van der Waals surface area contributed by atoms with Crippen LogP contribution in [0.5, 0.6) is 0 Å². The van der Waals surface area contributed by atoms with Crippen molar-refractivity contribution in [3.05, 3.63) is 71.9 Å². The van der Waals surface area contributed by atoms with E-state index in [0.717, 1.165) is 36.8 Å². The van der Waals surface area contributed by atoms with Crippen molar-refractivity contribution in [2.45, 2.75) is 38.0 Å². The maximum Gasteiger partial charge on any atom is 0.226 e. The van der Waals surface area contributed by atoms with Crippen LogP contribution in [0.3, 0.4) is 0 Å². The highest BCUT2D eigenvalue weighted by molar-refractivity contribution is 5.89. The molecule has 2 heterocycles. The highest BCUT2D eigenvalue weighted by Crippen LogP contribution is 2.42. The van der Waals surface area contributed by atoms with Crippen molar-refractivity contribution in [3.8, 4) is 0 Å². The van der Waals surface area contributed by atoms with Crippen LogP contribution in [0.25, 0.3) is 10.9 Å². The molecule has 2 aromatic carbocycles. The van der Waals surface area contributed by atoms with E-state index in [-0.39, 0.29) is 17.7 Å². The van der Waals surface area contributed by atoms with E-state index in [1.165, 1.54) is 10.9 Å². The van der Waals surface area contributed by atoms with Gasteiger partial charge in [0.2, 0.25) is 11.8 Å². The Labute approximate surface area is 200 Å². The second-order valence-electron chi connectivity index (χ2n) is 9.62. The lowest BCUT2D eigenvalue weighted by atomic mass is 9.80.